The van der Waals surface area contributed by atoms with E-state index in [2.05, 4.69) is 27.3 Å². The highest BCUT2D eigenvalue weighted by Gasteiger charge is 2.45. The molecule has 0 spiro atoms. The number of piperidine rings is 1. The molecule has 1 saturated carbocycles. The molecule has 0 unspecified atom stereocenters. The molecule has 1 aromatic carbocycles. The second-order valence-corrected chi connectivity index (χ2v) is 9.14. The van der Waals surface area contributed by atoms with Gasteiger partial charge in [0.15, 0.2) is 0 Å². The number of hydrogen-bond donors (Lipinski definition) is 1. The summed E-state index contributed by atoms with van der Waals surface area (Å²) in [6, 6.07) is 16.0. The first-order valence-corrected chi connectivity index (χ1v) is 11.6. The fourth-order valence-electron chi connectivity index (χ4n) is 5.27. The standard InChI is InChI=1S/C26H33N3O2/c1-20(23-11-5-8-16-27-23)28-24(30)19-21-12-17-29(18-13-21)25(31)26(14-6-7-15-26)22-9-3-2-4-10-22/h2-5,8-11,16,20-21H,6-7,12-15,17-19H2,1H3,(H,28,30)/t20-/m0/s1. The molecule has 5 nitrogen and oxygen atoms in total. The van der Waals surface area contributed by atoms with Gasteiger partial charge in [0.25, 0.3) is 0 Å². The van der Waals surface area contributed by atoms with Gasteiger partial charge in [0, 0.05) is 25.7 Å². The number of benzene rings is 1. The average molecular weight is 420 g/mol. The monoisotopic (exact) mass is 419 g/mol. The molecule has 2 amide bonds. The molecule has 2 aliphatic rings. The van der Waals surface area contributed by atoms with Crippen LogP contribution in [0.4, 0.5) is 0 Å². The van der Waals surface area contributed by atoms with Crippen molar-refractivity contribution in [3.63, 3.8) is 0 Å². The average Bonchev–Trinajstić information content (AvgIpc) is 3.31. The minimum absolute atomic E-state index is 0.0690. The highest BCUT2D eigenvalue weighted by atomic mass is 16.2. The number of amides is 2. The lowest BCUT2D eigenvalue weighted by Crippen LogP contribution is -2.48. The van der Waals surface area contributed by atoms with Gasteiger partial charge in [-0.15, -0.1) is 0 Å². The van der Waals surface area contributed by atoms with Crippen LogP contribution in [0.1, 0.15) is 69.2 Å². The summed E-state index contributed by atoms with van der Waals surface area (Å²) in [6.45, 7) is 3.47. The Labute approximate surface area is 185 Å². The predicted octanol–water partition coefficient (Wildman–Crippen LogP) is 4.40. The number of nitrogens with one attached hydrogen (secondary N) is 1. The van der Waals surface area contributed by atoms with Gasteiger partial charge in [-0.2, -0.15) is 0 Å². The first-order chi connectivity index (χ1) is 15.1. The van der Waals surface area contributed by atoms with Crippen molar-refractivity contribution in [2.45, 2.75) is 63.3 Å². The molecule has 2 heterocycles. The summed E-state index contributed by atoms with van der Waals surface area (Å²) in [7, 11) is 0. The molecule has 1 N–H and O–H groups in total. The maximum atomic E-state index is 13.6. The fraction of sp³-hybridized carbons (Fsp3) is 0.500. The number of rotatable bonds is 6. The van der Waals surface area contributed by atoms with Gasteiger partial charge in [-0.3, -0.25) is 14.6 Å². The van der Waals surface area contributed by atoms with Crippen LogP contribution >= 0.6 is 0 Å². The van der Waals surface area contributed by atoms with E-state index < -0.39 is 0 Å². The summed E-state index contributed by atoms with van der Waals surface area (Å²) >= 11 is 0. The number of carbonyl (C=O) groups excluding carboxylic acids is 2. The van der Waals surface area contributed by atoms with Crippen molar-refractivity contribution in [3.05, 3.63) is 66.0 Å². The zero-order chi connectivity index (χ0) is 21.7. The second-order valence-electron chi connectivity index (χ2n) is 9.14. The number of nitrogens with zero attached hydrogens (tertiary/aromatic N) is 2. The van der Waals surface area contributed by atoms with Gasteiger partial charge in [-0.1, -0.05) is 49.2 Å². The fourth-order valence-corrected chi connectivity index (χ4v) is 5.27. The Morgan fingerprint density at radius 2 is 1.74 bits per heavy atom. The molecular formula is C26H33N3O2. The summed E-state index contributed by atoms with van der Waals surface area (Å²) in [5.41, 5.74) is 1.70. The molecule has 1 atom stereocenters. The van der Waals surface area contributed by atoms with Gasteiger partial charge in [-0.05, 0) is 56.2 Å². The zero-order valence-corrected chi connectivity index (χ0v) is 18.4. The lowest BCUT2D eigenvalue weighted by Gasteiger charge is -2.38. The third-order valence-corrected chi connectivity index (χ3v) is 7.08. The SMILES string of the molecule is C[C@H](NC(=O)CC1CCN(C(=O)C2(c3ccccc3)CCCC2)CC1)c1ccccn1. The van der Waals surface area contributed by atoms with Gasteiger partial charge in [0.1, 0.15) is 0 Å². The molecule has 1 aliphatic heterocycles. The van der Waals surface area contributed by atoms with Crippen LogP contribution in [0.2, 0.25) is 0 Å². The summed E-state index contributed by atoms with van der Waals surface area (Å²) in [4.78, 5) is 32.5. The second kappa shape index (κ2) is 9.63. The van der Waals surface area contributed by atoms with E-state index in [9.17, 15) is 9.59 Å². The number of likely N-dealkylation sites (tertiary alicyclic amines) is 1. The summed E-state index contributed by atoms with van der Waals surface area (Å²) in [5, 5.41) is 3.07. The zero-order valence-electron chi connectivity index (χ0n) is 18.4. The molecule has 5 heteroatoms. The van der Waals surface area contributed by atoms with Gasteiger partial charge in [-0.25, -0.2) is 0 Å². The summed E-state index contributed by atoms with van der Waals surface area (Å²) in [5.74, 6) is 0.693. The van der Waals surface area contributed by atoms with E-state index in [0.29, 0.717) is 18.2 Å². The Hall–Kier alpha value is -2.69. The van der Waals surface area contributed by atoms with Crippen LogP contribution in [0.15, 0.2) is 54.7 Å². The van der Waals surface area contributed by atoms with Crippen molar-refractivity contribution < 1.29 is 9.59 Å². The van der Waals surface area contributed by atoms with Crippen LogP contribution in [0, 0.1) is 5.92 Å². The molecular weight excluding hydrogens is 386 g/mol. The molecule has 1 saturated heterocycles. The van der Waals surface area contributed by atoms with Crippen LogP contribution in [-0.4, -0.2) is 34.8 Å². The van der Waals surface area contributed by atoms with E-state index in [4.69, 9.17) is 0 Å². The van der Waals surface area contributed by atoms with Crippen LogP contribution in [-0.2, 0) is 15.0 Å². The molecule has 4 rings (SSSR count). The van der Waals surface area contributed by atoms with E-state index in [1.807, 2.05) is 43.3 Å². The highest BCUT2D eigenvalue weighted by Crippen LogP contribution is 2.43. The first kappa shape index (κ1) is 21.5. The third kappa shape index (κ3) is 4.81. The largest absolute Gasteiger partial charge is 0.348 e. The number of aromatic nitrogens is 1. The van der Waals surface area contributed by atoms with Gasteiger partial charge in [0.2, 0.25) is 11.8 Å². The first-order valence-electron chi connectivity index (χ1n) is 11.6. The third-order valence-electron chi connectivity index (χ3n) is 7.08. The topological polar surface area (TPSA) is 62.3 Å². The van der Waals surface area contributed by atoms with E-state index in [-0.39, 0.29) is 17.4 Å². The van der Waals surface area contributed by atoms with Crippen molar-refractivity contribution in [2.24, 2.45) is 5.92 Å². The van der Waals surface area contributed by atoms with Crippen LogP contribution < -0.4 is 5.32 Å². The van der Waals surface area contributed by atoms with Crippen molar-refractivity contribution in [1.29, 1.82) is 0 Å². The number of pyridine rings is 1. The van der Waals surface area contributed by atoms with Crippen LogP contribution in [0.5, 0.6) is 0 Å². The molecule has 0 radical (unpaired) electrons. The lowest BCUT2D eigenvalue weighted by molar-refractivity contribution is -0.139. The van der Waals surface area contributed by atoms with E-state index in [0.717, 1.165) is 57.3 Å². The normalized spacial score (nSPS) is 19.7. The molecule has 2 fully saturated rings. The Bertz CT molecular complexity index is 870. The van der Waals surface area contributed by atoms with Crippen LogP contribution in [0.25, 0.3) is 0 Å². The summed E-state index contributed by atoms with van der Waals surface area (Å²) in [6.07, 6.45) is 8.18. The van der Waals surface area contributed by atoms with Crippen molar-refractivity contribution in [1.82, 2.24) is 15.2 Å². The molecule has 0 bridgehead atoms. The van der Waals surface area contributed by atoms with Crippen molar-refractivity contribution in [3.8, 4) is 0 Å². The number of hydrogen-bond acceptors (Lipinski definition) is 3. The molecule has 31 heavy (non-hydrogen) atoms. The molecule has 2 aromatic rings. The smallest absolute Gasteiger partial charge is 0.233 e. The Morgan fingerprint density at radius 1 is 1.06 bits per heavy atom. The quantitative estimate of drug-likeness (QED) is 0.755. The Kier molecular flexibility index (Phi) is 6.69. The van der Waals surface area contributed by atoms with E-state index in [1.54, 1.807) is 6.20 Å². The van der Waals surface area contributed by atoms with Gasteiger partial charge >= 0.3 is 0 Å². The van der Waals surface area contributed by atoms with Gasteiger partial charge < -0.3 is 10.2 Å². The molecule has 164 valence electrons. The maximum Gasteiger partial charge on any atom is 0.233 e. The predicted molar refractivity (Wildman–Crippen MR) is 121 cm³/mol. The van der Waals surface area contributed by atoms with Gasteiger partial charge in [0.05, 0.1) is 17.2 Å². The Morgan fingerprint density at radius 3 is 2.39 bits per heavy atom. The minimum atomic E-state index is -0.344. The molecule has 1 aliphatic carbocycles. The van der Waals surface area contributed by atoms with E-state index >= 15 is 0 Å². The highest BCUT2D eigenvalue weighted by molar-refractivity contribution is 5.88. The lowest BCUT2D eigenvalue weighted by atomic mass is 9.77. The summed E-state index contributed by atoms with van der Waals surface area (Å²) < 4.78 is 0. The van der Waals surface area contributed by atoms with Crippen molar-refractivity contribution >= 4 is 11.8 Å². The van der Waals surface area contributed by atoms with Crippen LogP contribution in [0.3, 0.4) is 0 Å². The Balaban J connectivity index is 1.31. The number of carbonyl (C=O) groups is 2. The van der Waals surface area contributed by atoms with E-state index in [1.165, 1.54) is 5.56 Å². The minimum Gasteiger partial charge on any atom is -0.348 e. The van der Waals surface area contributed by atoms with Crippen molar-refractivity contribution in [2.75, 3.05) is 13.1 Å². The molecule has 1 aromatic heterocycles. The maximum absolute atomic E-state index is 13.6.